The molecule has 4 aromatic rings. The van der Waals surface area contributed by atoms with Crippen molar-refractivity contribution in [3.63, 3.8) is 0 Å². The Bertz CT molecular complexity index is 1200. The zero-order chi connectivity index (χ0) is 21.9. The van der Waals surface area contributed by atoms with E-state index in [1.807, 2.05) is 31.2 Å². The van der Waals surface area contributed by atoms with Crippen molar-refractivity contribution in [2.75, 3.05) is 36.4 Å². The predicted molar refractivity (Wildman–Crippen MR) is 117 cm³/mol. The fraction of sp³-hybridized carbons (Fsp3) is 0.227. The highest BCUT2D eigenvalue weighted by molar-refractivity contribution is 5.93. The SMILES string of the molecule is Cc1ccnc(Nc2ccc(N3CCN(C(=O)c4cc(-c5ccco5)on4)CC3)nn2)c1. The van der Waals surface area contributed by atoms with E-state index in [-0.39, 0.29) is 11.6 Å². The Hall–Kier alpha value is -4.21. The van der Waals surface area contributed by atoms with Gasteiger partial charge in [-0.05, 0) is 48.9 Å². The average Bonchev–Trinajstić information content (AvgIpc) is 3.52. The second-order valence-electron chi connectivity index (χ2n) is 7.45. The van der Waals surface area contributed by atoms with Crippen LogP contribution >= 0.6 is 0 Å². The van der Waals surface area contributed by atoms with Crippen LogP contribution in [0.1, 0.15) is 16.1 Å². The van der Waals surface area contributed by atoms with Gasteiger partial charge >= 0.3 is 0 Å². The van der Waals surface area contributed by atoms with Gasteiger partial charge in [-0.1, -0.05) is 5.16 Å². The van der Waals surface area contributed by atoms with Crippen LogP contribution in [-0.4, -0.2) is 57.3 Å². The molecule has 1 aliphatic rings. The molecule has 32 heavy (non-hydrogen) atoms. The lowest BCUT2D eigenvalue weighted by atomic mass is 10.2. The molecular weight excluding hydrogens is 410 g/mol. The van der Waals surface area contributed by atoms with Gasteiger partial charge in [0.2, 0.25) is 5.76 Å². The van der Waals surface area contributed by atoms with Gasteiger partial charge < -0.3 is 24.1 Å². The van der Waals surface area contributed by atoms with E-state index in [0.29, 0.717) is 43.5 Å². The lowest BCUT2D eigenvalue weighted by Gasteiger charge is -2.34. The molecule has 0 radical (unpaired) electrons. The Morgan fingerprint density at radius 3 is 2.59 bits per heavy atom. The van der Waals surface area contributed by atoms with Crippen LogP contribution in [0.5, 0.6) is 0 Å². The van der Waals surface area contributed by atoms with Crippen molar-refractivity contribution < 1.29 is 13.7 Å². The Kier molecular flexibility index (Phi) is 5.24. The monoisotopic (exact) mass is 431 g/mol. The molecule has 0 saturated carbocycles. The summed E-state index contributed by atoms with van der Waals surface area (Å²) in [7, 11) is 0. The predicted octanol–water partition coefficient (Wildman–Crippen LogP) is 3.13. The molecule has 0 unspecified atom stereocenters. The van der Waals surface area contributed by atoms with Crippen molar-refractivity contribution in [3.05, 3.63) is 66.2 Å². The van der Waals surface area contributed by atoms with Crippen molar-refractivity contribution in [1.82, 2.24) is 25.2 Å². The number of pyridine rings is 1. The first-order valence-corrected chi connectivity index (χ1v) is 10.2. The molecule has 10 heteroatoms. The number of rotatable bonds is 5. The summed E-state index contributed by atoms with van der Waals surface area (Å²) in [6, 6.07) is 12.8. The first-order valence-electron chi connectivity index (χ1n) is 10.2. The van der Waals surface area contributed by atoms with E-state index in [9.17, 15) is 4.79 Å². The number of anilines is 3. The first-order chi connectivity index (χ1) is 15.7. The van der Waals surface area contributed by atoms with Crippen molar-refractivity contribution in [2.24, 2.45) is 0 Å². The third-order valence-corrected chi connectivity index (χ3v) is 5.21. The van der Waals surface area contributed by atoms with E-state index in [2.05, 4.69) is 30.6 Å². The van der Waals surface area contributed by atoms with Crippen molar-refractivity contribution in [1.29, 1.82) is 0 Å². The minimum Gasteiger partial charge on any atom is -0.461 e. The van der Waals surface area contributed by atoms with Crippen LogP contribution in [0.15, 0.2) is 63.9 Å². The first kappa shape index (κ1) is 19.7. The molecule has 1 fully saturated rings. The van der Waals surface area contributed by atoms with Gasteiger partial charge in [-0.25, -0.2) is 4.98 Å². The molecule has 1 N–H and O–H groups in total. The summed E-state index contributed by atoms with van der Waals surface area (Å²) in [6.07, 6.45) is 3.29. The Labute approximate surface area is 183 Å². The number of carbonyl (C=O) groups is 1. The van der Waals surface area contributed by atoms with Crippen molar-refractivity contribution in [2.45, 2.75) is 6.92 Å². The molecule has 0 spiro atoms. The second-order valence-corrected chi connectivity index (χ2v) is 7.45. The number of aromatic nitrogens is 4. The molecule has 1 aliphatic heterocycles. The topological polar surface area (TPSA) is 113 Å². The second kappa shape index (κ2) is 8.50. The third kappa shape index (κ3) is 4.15. The third-order valence-electron chi connectivity index (χ3n) is 5.21. The number of furan rings is 1. The summed E-state index contributed by atoms with van der Waals surface area (Å²) in [4.78, 5) is 20.9. The molecule has 162 valence electrons. The van der Waals surface area contributed by atoms with E-state index in [0.717, 1.165) is 17.2 Å². The Morgan fingerprint density at radius 1 is 1.00 bits per heavy atom. The molecule has 10 nitrogen and oxygen atoms in total. The molecule has 0 atom stereocenters. The number of carbonyl (C=O) groups excluding carboxylic acids is 1. The van der Waals surface area contributed by atoms with Gasteiger partial charge in [0.15, 0.2) is 23.1 Å². The van der Waals surface area contributed by atoms with Crippen LogP contribution in [0.4, 0.5) is 17.5 Å². The molecule has 1 amide bonds. The van der Waals surface area contributed by atoms with Gasteiger partial charge in [0.25, 0.3) is 5.91 Å². The summed E-state index contributed by atoms with van der Waals surface area (Å²) in [5.41, 5.74) is 1.38. The van der Waals surface area contributed by atoms with Gasteiger partial charge in [0, 0.05) is 38.4 Å². The van der Waals surface area contributed by atoms with Crippen LogP contribution < -0.4 is 10.2 Å². The van der Waals surface area contributed by atoms with Gasteiger partial charge in [-0.2, -0.15) is 0 Å². The Balaban J connectivity index is 1.18. The zero-order valence-corrected chi connectivity index (χ0v) is 17.4. The highest BCUT2D eigenvalue weighted by Gasteiger charge is 2.26. The number of nitrogens with one attached hydrogen (secondary N) is 1. The highest BCUT2D eigenvalue weighted by atomic mass is 16.5. The standard InChI is InChI=1S/C22H21N7O3/c1-15-6-7-23-20(13-15)24-19-4-5-21(26-25-19)28-8-10-29(11-9-28)22(30)16-14-18(32-27-16)17-3-2-12-31-17/h2-7,12-14H,8-11H2,1H3,(H,23,24,25). The summed E-state index contributed by atoms with van der Waals surface area (Å²) in [5, 5.41) is 15.6. The van der Waals surface area contributed by atoms with E-state index in [1.54, 1.807) is 35.6 Å². The van der Waals surface area contributed by atoms with Crippen LogP contribution in [0.2, 0.25) is 0 Å². The summed E-state index contributed by atoms with van der Waals surface area (Å²) in [5.74, 6) is 2.92. The Morgan fingerprint density at radius 2 is 1.88 bits per heavy atom. The maximum absolute atomic E-state index is 12.8. The van der Waals surface area contributed by atoms with E-state index in [1.165, 1.54) is 0 Å². The minimum absolute atomic E-state index is 0.164. The lowest BCUT2D eigenvalue weighted by molar-refractivity contribution is 0.0736. The summed E-state index contributed by atoms with van der Waals surface area (Å²) < 4.78 is 10.5. The lowest BCUT2D eigenvalue weighted by Crippen LogP contribution is -2.49. The number of nitrogens with zero attached hydrogens (tertiary/aromatic N) is 6. The largest absolute Gasteiger partial charge is 0.461 e. The average molecular weight is 431 g/mol. The number of piperazine rings is 1. The highest BCUT2D eigenvalue weighted by Crippen LogP contribution is 2.22. The molecule has 5 heterocycles. The quantitative estimate of drug-likeness (QED) is 0.509. The van der Waals surface area contributed by atoms with Gasteiger partial charge in [0.05, 0.1) is 6.26 Å². The van der Waals surface area contributed by atoms with Crippen molar-refractivity contribution >= 4 is 23.4 Å². The fourth-order valence-electron chi connectivity index (χ4n) is 3.51. The zero-order valence-electron chi connectivity index (χ0n) is 17.4. The molecule has 0 aliphatic carbocycles. The number of hydrogen-bond acceptors (Lipinski definition) is 9. The number of hydrogen-bond donors (Lipinski definition) is 1. The van der Waals surface area contributed by atoms with Crippen LogP contribution in [0.25, 0.3) is 11.5 Å². The molecule has 5 rings (SSSR count). The van der Waals surface area contributed by atoms with E-state index < -0.39 is 0 Å². The normalized spacial score (nSPS) is 13.9. The van der Waals surface area contributed by atoms with E-state index in [4.69, 9.17) is 8.94 Å². The molecule has 0 bridgehead atoms. The molecule has 1 saturated heterocycles. The van der Waals surface area contributed by atoms with Crippen LogP contribution in [0.3, 0.4) is 0 Å². The maximum Gasteiger partial charge on any atom is 0.276 e. The number of amides is 1. The number of aryl methyl sites for hydroxylation is 1. The summed E-state index contributed by atoms with van der Waals surface area (Å²) in [6.45, 7) is 4.41. The molecular formula is C22H21N7O3. The van der Waals surface area contributed by atoms with Gasteiger partial charge in [0.1, 0.15) is 5.82 Å². The minimum atomic E-state index is -0.164. The van der Waals surface area contributed by atoms with Gasteiger partial charge in [-0.3, -0.25) is 4.79 Å². The fourth-order valence-corrected chi connectivity index (χ4v) is 3.51. The molecule has 4 aromatic heterocycles. The molecule has 0 aromatic carbocycles. The smallest absolute Gasteiger partial charge is 0.276 e. The van der Waals surface area contributed by atoms with Crippen LogP contribution in [0, 0.1) is 6.92 Å². The summed E-state index contributed by atoms with van der Waals surface area (Å²) >= 11 is 0. The van der Waals surface area contributed by atoms with E-state index >= 15 is 0 Å². The maximum atomic E-state index is 12.8. The van der Waals surface area contributed by atoms with Gasteiger partial charge in [-0.15, -0.1) is 10.2 Å². The van der Waals surface area contributed by atoms with Crippen LogP contribution in [-0.2, 0) is 0 Å². The van der Waals surface area contributed by atoms with Crippen molar-refractivity contribution in [3.8, 4) is 11.5 Å².